The first-order valence-electron chi connectivity index (χ1n) is 5.25. The van der Waals surface area contributed by atoms with Crippen molar-refractivity contribution in [2.75, 3.05) is 12.4 Å². The van der Waals surface area contributed by atoms with Crippen LogP contribution in [0, 0.1) is 0 Å². The lowest BCUT2D eigenvalue weighted by Gasteiger charge is -2.04. The zero-order chi connectivity index (χ0) is 12.7. The highest BCUT2D eigenvalue weighted by atomic mass is 32.2. The van der Waals surface area contributed by atoms with E-state index in [4.69, 9.17) is 9.29 Å². The molecule has 0 atom stereocenters. The first-order valence-corrected chi connectivity index (χ1v) is 6.86. The minimum Gasteiger partial charge on any atom is -0.377 e. The summed E-state index contributed by atoms with van der Waals surface area (Å²) in [5, 5.41) is 0. The van der Waals surface area contributed by atoms with Gasteiger partial charge in [-0.2, -0.15) is 8.42 Å². The maximum absolute atomic E-state index is 10.4. The fourth-order valence-corrected chi connectivity index (χ4v) is 1.77. The van der Waals surface area contributed by atoms with Gasteiger partial charge in [-0.1, -0.05) is 36.9 Å². The summed E-state index contributed by atoms with van der Waals surface area (Å²) >= 11 is 0. The average molecular weight is 256 g/mol. The molecule has 1 rings (SSSR count). The molecule has 1 N–H and O–H groups in total. The van der Waals surface area contributed by atoms with Gasteiger partial charge in [0.1, 0.15) is 0 Å². The highest BCUT2D eigenvalue weighted by Crippen LogP contribution is 2.06. The fraction of sp³-hybridized carbons (Fsp3) is 0.333. The van der Waals surface area contributed by atoms with Crippen LogP contribution < -0.4 is 0 Å². The third-order valence-electron chi connectivity index (χ3n) is 2.18. The summed E-state index contributed by atoms with van der Waals surface area (Å²) in [4.78, 5) is 0. The zero-order valence-electron chi connectivity index (χ0n) is 9.50. The fourth-order valence-electron chi connectivity index (χ4n) is 1.28. The van der Waals surface area contributed by atoms with Gasteiger partial charge in [0.15, 0.2) is 0 Å². The standard InChI is InChI=1S/C12H16O4S/c1-2-11-4-6-12(7-5-11)10-16-8-3-9-17(13,14)15/h2,4-7H,1,3,8-10H2,(H,13,14,15). The van der Waals surface area contributed by atoms with Crippen molar-refractivity contribution in [1.82, 2.24) is 0 Å². The van der Waals surface area contributed by atoms with Crippen LogP contribution in [0.25, 0.3) is 6.08 Å². The van der Waals surface area contributed by atoms with Crippen LogP contribution in [0.15, 0.2) is 30.8 Å². The SMILES string of the molecule is C=Cc1ccc(COCCCS(=O)(=O)O)cc1. The molecule has 0 aliphatic rings. The quantitative estimate of drug-likeness (QED) is 0.599. The van der Waals surface area contributed by atoms with Crippen LogP contribution in [0.1, 0.15) is 17.5 Å². The first kappa shape index (κ1) is 13.9. The van der Waals surface area contributed by atoms with E-state index in [1.807, 2.05) is 24.3 Å². The van der Waals surface area contributed by atoms with Gasteiger partial charge in [-0.3, -0.25) is 4.55 Å². The van der Waals surface area contributed by atoms with Crippen LogP contribution in [-0.4, -0.2) is 25.3 Å². The topological polar surface area (TPSA) is 63.6 Å². The monoisotopic (exact) mass is 256 g/mol. The van der Waals surface area contributed by atoms with E-state index < -0.39 is 10.1 Å². The lowest BCUT2D eigenvalue weighted by molar-refractivity contribution is 0.121. The van der Waals surface area contributed by atoms with Crippen molar-refractivity contribution in [2.45, 2.75) is 13.0 Å². The Kier molecular flexibility index (Phi) is 5.34. The Morgan fingerprint density at radius 3 is 2.47 bits per heavy atom. The predicted octanol–water partition coefficient (Wildman–Crippen LogP) is 2.12. The molecule has 17 heavy (non-hydrogen) atoms. The van der Waals surface area contributed by atoms with Crippen molar-refractivity contribution >= 4 is 16.2 Å². The molecule has 0 aliphatic carbocycles. The van der Waals surface area contributed by atoms with Crippen LogP contribution in [0.3, 0.4) is 0 Å². The maximum atomic E-state index is 10.4. The van der Waals surface area contributed by atoms with Crippen LogP contribution >= 0.6 is 0 Å². The Hall–Kier alpha value is -1.17. The lowest BCUT2D eigenvalue weighted by atomic mass is 10.1. The van der Waals surface area contributed by atoms with E-state index in [-0.39, 0.29) is 5.75 Å². The average Bonchev–Trinajstić information content (AvgIpc) is 2.28. The van der Waals surface area contributed by atoms with E-state index in [1.54, 1.807) is 6.08 Å². The van der Waals surface area contributed by atoms with Crippen LogP contribution in [-0.2, 0) is 21.5 Å². The zero-order valence-corrected chi connectivity index (χ0v) is 10.3. The Labute approximate surface area is 102 Å². The minimum absolute atomic E-state index is 0.262. The first-order chi connectivity index (χ1) is 8.01. The molecule has 0 fully saturated rings. The van der Waals surface area contributed by atoms with Gasteiger partial charge in [0.2, 0.25) is 0 Å². The van der Waals surface area contributed by atoms with Gasteiger partial charge >= 0.3 is 0 Å². The van der Waals surface area contributed by atoms with E-state index in [1.165, 1.54) is 0 Å². The summed E-state index contributed by atoms with van der Waals surface area (Å²) < 4.78 is 34.6. The summed E-state index contributed by atoms with van der Waals surface area (Å²) in [6.07, 6.45) is 2.06. The molecule has 0 spiro atoms. The third kappa shape index (κ3) is 6.21. The number of rotatable bonds is 7. The highest BCUT2D eigenvalue weighted by Gasteiger charge is 2.03. The Morgan fingerprint density at radius 1 is 1.29 bits per heavy atom. The molecule has 0 aromatic heterocycles. The molecule has 4 nitrogen and oxygen atoms in total. The molecule has 0 saturated carbocycles. The van der Waals surface area contributed by atoms with E-state index in [0.29, 0.717) is 19.6 Å². The summed E-state index contributed by atoms with van der Waals surface area (Å²) in [7, 11) is -3.87. The molecule has 5 heteroatoms. The van der Waals surface area contributed by atoms with E-state index in [9.17, 15) is 8.42 Å². The number of hydrogen-bond donors (Lipinski definition) is 1. The molecule has 0 bridgehead atoms. The van der Waals surface area contributed by atoms with Gasteiger partial charge in [-0.05, 0) is 17.5 Å². The second-order valence-electron chi connectivity index (χ2n) is 3.64. The van der Waals surface area contributed by atoms with Crippen molar-refractivity contribution in [1.29, 1.82) is 0 Å². The maximum Gasteiger partial charge on any atom is 0.264 e. The molecule has 1 aromatic carbocycles. The Morgan fingerprint density at radius 2 is 1.94 bits per heavy atom. The summed E-state index contributed by atoms with van der Waals surface area (Å²) in [6.45, 7) is 4.40. The smallest absolute Gasteiger partial charge is 0.264 e. The Bertz CT molecular complexity index is 448. The molecule has 94 valence electrons. The van der Waals surface area contributed by atoms with Crippen LogP contribution in [0.4, 0.5) is 0 Å². The molecule has 0 radical (unpaired) electrons. The van der Waals surface area contributed by atoms with Crippen molar-refractivity contribution < 1.29 is 17.7 Å². The lowest BCUT2D eigenvalue weighted by Crippen LogP contribution is -2.07. The number of ether oxygens (including phenoxy) is 1. The molecule has 0 heterocycles. The van der Waals surface area contributed by atoms with E-state index >= 15 is 0 Å². The number of benzene rings is 1. The summed E-state index contributed by atoms with van der Waals surface area (Å²) in [5.41, 5.74) is 2.06. The van der Waals surface area contributed by atoms with Crippen molar-refractivity contribution in [3.63, 3.8) is 0 Å². The third-order valence-corrected chi connectivity index (χ3v) is 2.98. The molecular weight excluding hydrogens is 240 g/mol. The second-order valence-corrected chi connectivity index (χ2v) is 5.21. The van der Waals surface area contributed by atoms with Crippen molar-refractivity contribution in [2.24, 2.45) is 0 Å². The van der Waals surface area contributed by atoms with Crippen LogP contribution in [0.2, 0.25) is 0 Å². The van der Waals surface area contributed by atoms with E-state index in [2.05, 4.69) is 6.58 Å². The Balaban J connectivity index is 2.24. The van der Waals surface area contributed by atoms with Gasteiger partial charge in [-0.15, -0.1) is 0 Å². The molecule has 0 amide bonds. The molecular formula is C12H16O4S. The van der Waals surface area contributed by atoms with Crippen molar-refractivity contribution in [3.8, 4) is 0 Å². The van der Waals surface area contributed by atoms with Gasteiger partial charge in [0.05, 0.1) is 12.4 Å². The summed E-state index contributed by atoms with van der Waals surface area (Å²) in [6, 6.07) is 7.73. The minimum atomic E-state index is -3.87. The van der Waals surface area contributed by atoms with Crippen molar-refractivity contribution in [3.05, 3.63) is 42.0 Å². The normalized spacial score (nSPS) is 11.4. The predicted molar refractivity (Wildman–Crippen MR) is 67.2 cm³/mol. The van der Waals surface area contributed by atoms with Gasteiger partial charge in [0, 0.05) is 6.61 Å². The van der Waals surface area contributed by atoms with E-state index in [0.717, 1.165) is 11.1 Å². The van der Waals surface area contributed by atoms with Gasteiger partial charge < -0.3 is 4.74 Å². The van der Waals surface area contributed by atoms with Gasteiger partial charge in [0.25, 0.3) is 10.1 Å². The highest BCUT2D eigenvalue weighted by molar-refractivity contribution is 7.85. The van der Waals surface area contributed by atoms with Crippen LogP contribution in [0.5, 0.6) is 0 Å². The second kappa shape index (κ2) is 6.54. The van der Waals surface area contributed by atoms with Gasteiger partial charge in [-0.25, -0.2) is 0 Å². The molecule has 0 saturated heterocycles. The largest absolute Gasteiger partial charge is 0.377 e. The number of hydrogen-bond acceptors (Lipinski definition) is 3. The molecule has 1 aromatic rings. The summed E-state index contributed by atoms with van der Waals surface area (Å²) in [5.74, 6) is -0.262. The molecule has 0 aliphatic heterocycles. The molecule has 0 unspecified atom stereocenters.